The van der Waals surface area contributed by atoms with Gasteiger partial charge in [0, 0.05) is 54.1 Å². The molecule has 11 heteroatoms. The molecule has 2 fully saturated rings. The summed E-state index contributed by atoms with van der Waals surface area (Å²) in [5.74, 6) is -0.0837. The standard InChI is InChI=1S/C28H29FN4O5S/c1-15-20(4-6-24(31-15)33-8-7-19(13-33)32-39(2,36)37)16-3-5-23(29)18(9-16)14-38-25-11-17-10-21-26(22(17)12-30-25)27(21)28(34)35/h3-6,9,11-12,19,21,26-27,32H,7-8,10,13-14H2,1-2H3,(H,34,35). The number of hydrogen-bond donors (Lipinski definition) is 2. The Morgan fingerprint density at radius 2 is 2.08 bits per heavy atom. The number of aryl methyl sites for hydroxylation is 1. The first-order valence-corrected chi connectivity index (χ1v) is 14.8. The normalized spacial score (nSPS) is 23.4. The minimum absolute atomic E-state index is 0.00311. The van der Waals surface area contributed by atoms with Crippen LogP contribution in [0.25, 0.3) is 11.1 Å². The van der Waals surface area contributed by atoms with E-state index in [9.17, 15) is 22.7 Å². The molecule has 3 heterocycles. The maximum Gasteiger partial charge on any atom is 0.307 e. The van der Waals surface area contributed by atoms with Crippen LogP contribution in [0.5, 0.6) is 5.88 Å². The second-order valence-electron chi connectivity index (χ2n) is 10.7. The summed E-state index contributed by atoms with van der Waals surface area (Å²) in [5, 5.41) is 9.30. The zero-order valence-electron chi connectivity index (χ0n) is 21.6. The number of fused-ring (bicyclic) bond motifs is 3. The lowest BCUT2D eigenvalue weighted by Gasteiger charge is -2.19. The Hall–Kier alpha value is -3.57. The molecule has 0 radical (unpaired) electrons. The van der Waals surface area contributed by atoms with Crippen molar-refractivity contribution in [2.24, 2.45) is 11.8 Å². The summed E-state index contributed by atoms with van der Waals surface area (Å²) in [5.41, 5.74) is 4.89. The van der Waals surface area contributed by atoms with Crippen LogP contribution in [-0.4, -0.2) is 54.8 Å². The van der Waals surface area contributed by atoms with Gasteiger partial charge in [-0.3, -0.25) is 4.79 Å². The fourth-order valence-electron chi connectivity index (χ4n) is 6.09. The van der Waals surface area contributed by atoms with E-state index in [0.29, 0.717) is 37.4 Å². The summed E-state index contributed by atoms with van der Waals surface area (Å²) in [6.07, 6.45) is 4.27. The largest absolute Gasteiger partial charge is 0.481 e. The molecule has 1 saturated carbocycles. The van der Waals surface area contributed by atoms with Crippen LogP contribution in [0, 0.1) is 24.6 Å². The van der Waals surface area contributed by atoms with Gasteiger partial charge in [-0.15, -0.1) is 0 Å². The zero-order valence-corrected chi connectivity index (χ0v) is 22.4. The Balaban J connectivity index is 1.14. The fourth-order valence-corrected chi connectivity index (χ4v) is 6.88. The van der Waals surface area contributed by atoms with Gasteiger partial charge in [0.05, 0.1) is 12.2 Å². The van der Waals surface area contributed by atoms with E-state index in [1.165, 1.54) is 6.07 Å². The first-order valence-electron chi connectivity index (χ1n) is 12.9. The van der Waals surface area contributed by atoms with Gasteiger partial charge in [0.2, 0.25) is 15.9 Å². The third-order valence-corrected chi connectivity index (χ3v) is 8.73. The van der Waals surface area contributed by atoms with Crippen LogP contribution in [-0.2, 0) is 27.8 Å². The molecule has 3 aromatic rings. The van der Waals surface area contributed by atoms with E-state index in [0.717, 1.165) is 40.0 Å². The van der Waals surface area contributed by atoms with Crippen molar-refractivity contribution in [2.75, 3.05) is 24.2 Å². The number of nitrogens with zero attached hydrogens (tertiary/aromatic N) is 3. The molecule has 0 amide bonds. The number of sulfonamides is 1. The van der Waals surface area contributed by atoms with E-state index in [4.69, 9.17) is 9.72 Å². The fraction of sp³-hybridized carbons (Fsp3) is 0.393. The topological polar surface area (TPSA) is 122 Å². The first-order chi connectivity index (χ1) is 18.6. The Kier molecular flexibility index (Phi) is 6.30. The number of anilines is 1. The molecule has 1 saturated heterocycles. The molecule has 0 bridgehead atoms. The van der Waals surface area contributed by atoms with Crippen LogP contribution in [0.3, 0.4) is 0 Å². The maximum absolute atomic E-state index is 14.7. The zero-order chi connectivity index (χ0) is 27.5. The molecule has 3 aliphatic rings. The van der Waals surface area contributed by atoms with Crippen molar-refractivity contribution in [1.82, 2.24) is 14.7 Å². The van der Waals surface area contributed by atoms with Crippen molar-refractivity contribution in [2.45, 2.75) is 38.3 Å². The lowest BCUT2D eigenvalue weighted by atomic mass is 10.0. The van der Waals surface area contributed by atoms with Crippen LogP contribution in [0.15, 0.2) is 42.6 Å². The van der Waals surface area contributed by atoms with Crippen LogP contribution in [0.1, 0.15) is 34.7 Å². The van der Waals surface area contributed by atoms with E-state index >= 15 is 0 Å². The molecule has 1 aromatic carbocycles. The summed E-state index contributed by atoms with van der Waals surface area (Å²) in [6, 6.07) is 10.4. The number of carbonyl (C=O) groups is 1. The molecule has 2 aromatic heterocycles. The molecule has 0 spiro atoms. The maximum atomic E-state index is 14.7. The van der Waals surface area contributed by atoms with Gasteiger partial charge in [0.15, 0.2) is 0 Å². The van der Waals surface area contributed by atoms with Crippen molar-refractivity contribution in [3.05, 3.63) is 70.8 Å². The van der Waals surface area contributed by atoms with Crippen molar-refractivity contribution >= 4 is 21.8 Å². The SMILES string of the molecule is Cc1nc(N2CCC(NS(C)(=O)=O)C2)ccc1-c1ccc(F)c(COc2cc3c(cn2)C2C(C3)C2C(=O)O)c1. The van der Waals surface area contributed by atoms with Gasteiger partial charge in [0.25, 0.3) is 0 Å². The van der Waals surface area contributed by atoms with Gasteiger partial charge in [-0.25, -0.2) is 27.5 Å². The molecule has 9 nitrogen and oxygen atoms in total. The highest BCUT2D eigenvalue weighted by atomic mass is 32.2. The van der Waals surface area contributed by atoms with Gasteiger partial charge in [-0.1, -0.05) is 6.07 Å². The number of aromatic nitrogens is 2. The minimum atomic E-state index is -3.26. The molecular formula is C28H29FN4O5S. The molecule has 204 valence electrons. The minimum Gasteiger partial charge on any atom is -0.481 e. The van der Waals surface area contributed by atoms with Crippen LogP contribution < -0.4 is 14.4 Å². The smallest absolute Gasteiger partial charge is 0.307 e. The van der Waals surface area contributed by atoms with Crippen molar-refractivity contribution in [3.63, 3.8) is 0 Å². The number of ether oxygens (including phenoxy) is 1. The average molecular weight is 553 g/mol. The summed E-state index contributed by atoms with van der Waals surface area (Å²) < 4.78 is 46.3. The van der Waals surface area contributed by atoms with E-state index in [-0.39, 0.29) is 36.2 Å². The Morgan fingerprint density at radius 3 is 2.82 bits per heavy atom. The Labute approximate surface area is 226 Å². The summed E-state index contributed by atoms with van der Waals surface area (Å²) in [6.45, 7) is 3.15. The summed E-state index contributed by atoms with van der Waals surface area (Å²) in [7, 11) is -3.26. The summed E-state index contributed by atoms with van der Waals surface area (Å²) >= 11 is 0. The molecule has 1 aliphatic heterocycles. The molecular weight excluding hydrogens is 523 g/mol. The molecule has 2 aliphatic carbocycles. The van der Waals surface area contributed by atoms with Gasteiger partial charge in [-0.2, -0.15) is 0 Å². The van der Waals surface area contributed by atoms with E-state index in [1.54, 1.807) is 18.3 Å². The van der Waals surface area contributed by atoms with Gasteiger partial charge >= 0.3 is 5.97 Å². The molecule has 4 unspecified atom stereocenters. The predicted octanol–water partition coefficient (Wildman–Crippen LogP) is 3.27. The van der Waals surface area contributed by atoms with Crippen LogP contribution in [0.2, 0.25) is 0 Å². The lowest BCUT2D eigenvalue weighted by Crippen LogP contribution is -2.36. The average Bonchev–Trinajstić information content (AvgIpc) is 3.20. The second-order valence-corrected chi connectivity index (χ2v) is 12.5. The number of nitrogens with one attached hydrogen (secondary N) is 1. The van der Waals surface area contributed by atoms with Gasteiger partial charge in [-0.05, 0) is 66.6 Å². The third-order valence-electron chi connectivity index (χ3n) is 7.96. The van der Waals surface area contributed by atoms with E-state index < -0.39 is 16.0 Å². The number of aliphatic carboxylic acids is 1. The molecule has 4 atom stereocenters. The highest BCUT2D eigenvalue weighted by molar-refractivity contribution is 7.88. The van der Waals surface area contributed by atoms with E-state index in [2.05, 4.69) is 14.6 Å². The van der Waals surface area contributed by atoms with Gasteiger partial charge < -0.3 is 14.7 Å². The third kappa shape index (κ3) is 5.08. The molecule has 39 heavy (non-hydrogen) atoms. The van der Waals surface area contributed by atoms with Crippen LogP contribution in [0.4, 0.5) is 10.2 Å². The first kappa shape index (κ1) is 25.7. The monoisotopic (exact) mass is 552 g/mol. The van der Waals surface area contributed by atoms with E-state index in [1.807, 2.05) is 25.1 Å². The highest BCUT2D eigenvalue weighted by Crippen LogP contribution is 2.61. The quantitative estimate of drug-likeness (QED) is 0.437. The number of rotatable bonds is 8. The van der Waals surface area contributed by atoms with Crippen molar-refractivity contribution in [1.29, 1.82) is 0 Å². The highest BCUT2D eigenvalue weighted by Gasteiger charge is 2.59. The van der Waals surface area contributed by atoms with Crippen LogP contribution >= 0.6 is 0 Å². The number of carboxylic acid groups (broad SMARTS) is 1. The number of hydrogen-bond acceptors (Lipinski definition) is 7. The number of benzene rings is 1. The van der Waals surface area contributed by atoms with Crippen molar-refractivity contribution < 1.29 is 27.4 Å². The summed E-state index contributed by atoms with van der Waals surface area (Å²) in [4.78, 5) is 22.5. The van der Waals surface area contributed by atoms with Crippen molar-refractivity contribution in [3.8, 4) is 17.0 Å². The molecule has 6 rings (SSSR count). The van der Waals surface area contributed by atoms with Gasteiger partial charge in [0.1, 0.15) is 18.2 Å². The lowest BCUT2D eigenvalue weighted by molar-refractivity contribution is -0.139. The molecule has 2 N–H and O–H groups in total. The predicted molar refractivity (Wildman–Crippen MR) is 143 cm³/mol. The number of pyridine rings is 2. The second kappa shape index (κ2) is 9.56. The number of halogens is 1. The Bertz CT molecular complexity index is 1580. The number of carboxylic acids is 1. The Morgan fingerprint density at radius 1 is 1.26 bits per heavy atom.